The molecule has 9 heteroatoms. The van der Waals surface area contributed by atoms with E-state index in [1.54, 1.807) is 12.5 Å². The highest BCUT2D eigenvalue weighted by molar-refractivity contribution is 5.55. The summed E-state index contributed by atoms with van der Waals surface area (Å²) in [5.41, 5.74) is 1.86. The molecule has 4 heterocycles. The molecule has 3 fully saturated rings. The highest BCUT2D eigenvalue weighted by Crippen LogP contribution is 2.44. The number of hydrogen-bond acceptors (Lipinski definition) is 7. The van der Waals surface area contributed by atoms with E-state index in [2.05, 4.69) is 36.5 Å². The number of pyridine rings is 1. The number of aromatic nitrogens is 7. The monoisotopic (exact) mass is 420 g/mol. The van der Waals surface area contributed by atoms with Crippen molar-refractivity contribution in [3.63, 3.8) is 0 Å². The van der Waals surface area contributed by atoms with Gasteiger partial charge in [-0.15, -0.1) is 5.10 Å². The summed E-state index contributed by atoms with van der Waals surface area (Å²) in [4.78, 5) is 11.1. The molecule has 2 saturated carbocycles. The number of aryl methyl sites for hydroxylation is 1. The van der Waals surface area contributed by atoms with E-state index < -0.39 is 0 Å². The molecule has 0 spiro atoms. The van der Waals surface area contributed by atoms with Crippen molar-refractivity contribution in [2.75, 3.05) is 24.6 Å². The lowest BCUT2D eigenvalue weighted by molar-refractivity contribution is -0.0375. The van der Waals surface area contributed by atoms with E-state index >= 15 is 0 Å². The molecule has 3 aromatic rings. The number of fused-ring (bicyclic) bond motifs is 1. The molecule has 1 aliphatic heterocycles. The van der Waals surface area contributed by atoms with Crippen molar-refractivity contribution >= 4 is 5.95 Å². The summed E-state index contributed by atoms with van der Waals surface area (Å²) in [5, 5.41) is 13.2. The molecule has 9 nitrogen and oxygen atoms in total. The number of rotatable bonds is 6. The van der Waals surface area contributed by atoms with Crippen molar-refractivity contribution in [3.05, 3.63) is 37.1 Å². The molecule has 0 unspecified atom stereocenters. The van der Waals surface area contributed by atoms with E-state index in [0.717, 1.165) is 55.7 Å². The third kappa shape index (κ3) is 3.71. The molecule has 1 saturated heterocycles. The molecule has 4 atom stereocenters. The summed E-state index contributed by atoms with van der Waals surface area (Å²) >= 11 is 0. The highest BCUT2D eigenvalue weighted by atomic mass is 16.5. The van der Waals surface area contributed by atoms with E-state index in [1.165, 1.54) is 12.8 Å². The van der Waals surface area contributed by atoms with Crippen LogP contribution in [0.4, 0.5) is 5.95 Å². The Balaban J connectivity index is 1.24. The first-order valence-corrected chi connectivity index (χ1v) is 11.3. The van der Waals surface area contributed by atoms with Gasteiger partial charge >= 0.3 is 0 Å². The molecular formula is C22H28N8O. The number of ether oxygens (including phenoxy) is 1. The lowest BCUT2D eigenvalue weighted by atomic mass is 9.77. The minimum Gasteiger partial charge on any atom is -0.376 e. The molecule has 162 valence electrons. The Morgan fingerprint density at radius 1 is 1.16 bits per heavy atom. The second-order valence-electron chi connectivity index (χ2n) is 9.29. The zero-order chi connectivity index (χ0) is 20.8. The van der Waals surface area contributed by atoms with Gasteiger partial charge in [0.1, 0.15) is 12.0 Å². The van der Waals surface area contributed by atoms with Crippen LogP contribution in [0.1, 0.15) is 31.7 Å². The average molecular weight is 421 g/mol. The van der Waals surface area contributed by atoms with E-state index in [1.807, 2.05) is 34.7 Å². The molecular weight excluding hydrogens is 392 g/mol. The first-order valence-electron chi connectivity index (χ1n) is 11.3. The van der Waals surface area contributed by atoms with Crippen molar-refractivity contribution in [2.24, 2.45) is 24.8 Å². The molecule has 0 aromatic carbocycles. The number of anilines is 1. The lowest BCUT2D eigenvalue weighted by Crippen LogP contribution is -2.38. The van der Waals surface area contributed by atoms with Crippen molar-refractivity contribution in [2.45, 2.75) is 37.8 Å². The summed E-state index contributed by atoms with van der Waals surface area (Å²) in [6, 6.07) is 4.16. The van der Waals surface area contributed by atoms with Crippen LogP contribution in [0.2, 0.25) is 0 Å². The second kappa shape index (κ2) is 7.71. The molecule has 3 aromatic heterocycles. The van der Waals surface area contributed by atoms with Gasteiger partial charge < -0.3 is 9.64 Å². The van der Waals surface area contributed by atoms with Gasteiger partial charge in [-0.2, -0.15) is 10.1 Å². The molecule has 3 aliphatic rings. The van der Waals surface area contributed by atoms with Gasteiger partial charge in [-0.1, -0.05) is 5.21 Å². The van der Waals surface area contributed by atoms with Crippen LogP contribution in [0.5, 0.6) is 0 Å². The van der Waals surface area contributed by atoms with Crippen LogP contribution < -0.4 is 4.90 Å². The van der Waals surface area contributed by atoms with Crippen LogP contribution in [-0.4, -0.2) is 60.5 Å². The summed E-state index contributed by atoms with van der Waals surface area (Å²) < 4.78 is 10.4. The summed E-state index contributed by atoms with van der Waals surface area (Å²) in [6.07, 6.45) is 12.2. The standard InChI is InChI=1S/C22H28N8O/c1-28-22(24-14-25-28)29-10-17-7-20(21(8-18(17)11-29)31-13-15-4-5-15)30-12-19(26-27-30)16-3-2-6-23-9-16/h2-3,6,9,12,14-15,17-18,20-21H,4-5,7-8,10-11,13H2,1H3/t17-,18+,20-,21-/m1/s1. The van der Waals surface area contributed by atoms with Crippen molar-refractivity contribution in [1.29, 1.82) is 0 Å². The maximum Gasteiger partial charge on any atom is 0.223 e. The Hall–Kier alpha value is -2.81. The maximum absolute atomic E-state index is 6.49. The van der Waals surface area contributed by atoms with Crippen LogP contribution in [0, 0.1) is 17.8 Å². The SMILES string of the molecule is Cn1ncnc1N1C[C@H]2C[C@@H](n3cc(-c4cccnc4)nn3)[C@H](OCC3CC3)C[C@H]2C1. The normalized spacial score (nSPS) is 28.1. The predicted octanol–water partition coefficient (Wildman–Crippen LogP) is 2.35. The van der Waals surface area contributed by atoms with E-state index in [4.69, 9.17) is 4.74 Å². The Morgan fingerprint density at radius 2 is 2.03 bits per heavy atom. The lowest BCUT2D eigenvalue weighted by Gasteiger charge is -2.37. The van der Waals surface area contributed by atoms with E-state index in [9.17, 15) is 0 Å². The van der Waals surface area contributed by atoms with Gasteiger partial charge in [-0.25, -0.2) is 9.36 Å². The van der Waals surface area contributed by atoms with Crippen molar-refractivity contribution < 1.29 is 4.74 Å². The topological polar surface area (TPSA) is 86.8 Å². The van der Waals surface area contributed by atoms with E-state index in [-0.39, 0.29) is 12.1 Å². The fourth-order valence-corrected chi connectivity index (χ4v) is 5.22. The highest BCUT2D eigenvalue weighted by Gasteiger charge is 2.45. The number of nitrogens with zero attached hydrogens (tertiary/aromatic N) is 8. The molecule has 0 bridgehead atoms. The molecule has 6 rings (SSSR count). The molecule has 0 radical (unpaired) electrons. The van der Waals surface area contributed by atoms with Gasteiger partial charge in [0.15, 0.2) is 0 Å². The smallest absolute Gasteiger partial charge is 0.223 e. The fraction of sp³-hybridized carbons (Fsp3) is 0.591. The Labute approximate surface area is 181 Å². The van der Waals surface area contributed by atoms with Gasteiger partial charge in [0, 0.05) is 44.7 Å². The minimum atomic E-state index is 0.171. The second-order valence-corrected chi connectivity index (χ2v) is 9.29. The molecule has 0 N–H and O–H groups in total. The average Bonchev–Trinajstić information content (AvgIpc) is 3.15. The summed E-state index contributed by atoms with van der Waals surface area (Å²) in [5.74, 6) is 2.91. The van der Waals surface area contributed by atoms with Crippen LogP contribution in [-0.2, 0) is 11.8 Å². The van der Waals surface area contributed by atoms with Crippen LogP contribution in [0.3, 0.4) is 0 Å². The Kier molecular flexibility index (Phi) is 4.70. The summed E-state index contributed by atoms with van der Waals surface area (Å²) in [6.45, 7) is 2.90. The zero-order valence-electron chi connectivity index (χ0n) is 17.8. The van der Waals surface area contributed by atoms with Gasteiger partial charge in [-0.3, -0.25) is 4.98 Å². The quantitative estimate of drug-likeness (QED) is 0.605. The molecule has 0 amide bonds. The third-order valence-electron chi connectivity index (χ3n) is 7.11. The maximum atomic E-state index is 6.49. The first-order chi connectivity index (χ1) is 15.2. The van der Waals surface area contributed by atoms with Crippen LogP contribution >= 0.6 is 0 Å². The van der Waals surface area contributed by atoms with E-state index in [0.29, 0.717) is 11.8 Å². The van der Waals surface area contributed by atoms with Crippen LogP contribution in [0.15, 0.2) is 37.1 Å². The van der Waals surface area contributed by atoms with Crippen molar-refractivity contribution in [3.8, 4) is 11.3 Å². The Bertz CT molecular complexity index is 1030. The van der Waals surface area contributed by atoms with Gasteiger partial charge in [0.2, 0.25) is 5.95 Å². The van der Waals surface area contributed by atoms with Crippen LogP contribution in [0.25, 0.3) is 11.3 Å². The zero-order valence-corrected chi connectivity index (χ0v) is 17.8. The minimum absolute atomic E-state index is 0.171. The number of hydrogen-bond donors (Lipinski definition) is 0. The molecule has 2 aliphatic carbocycles. The first kappa shape index (κ1) is 18.9. The van der Waals surface area contributed by atoms with Gasteiger partial charge in [-0.05, 0) is 55.6 Å². The third-order valence-corrected chi connectivity index (χ3v) is 7.11. The Morgan fingerprint density at radius 3 is 2.77 bits per heavy atom. The largest absolute Gasteiger partial charge is 0.376 e. The molecule has 31 heavy (non-hydrogen) atoms. The fourth-order valence-electron chi connectivity index (χ4n) is 5.22. The van der Waals surface area contributed by atoms with Gasteiger partial charge in [0.25, 0.3) is 0 Å². The predicted molar refractivity (Wildman–Crippen MR) is 114 cm³/mol. The van der Waals surface area contributed by atoms with Gasteiger partial charge in [0.05, 0.1) is 18.3 Å². The van der Waals surface area contributed by atoms with Crippen molar-refractivity contribution in [1.82, 2.24) is 34.7 Å². The summed E-state index contributed by atoms with van der Waals surface area (Å²) in [7, 11) is 1.96.